The molecule has 294 valence electrons. The van der Waals surface area contributed by atoms with Crippen LogP contribution in [0, 0.1) is 0 Å². The maximum atomic E-state index is 6.80. The van der Waals surface area contributed by atoms with Gasteiger partial charge >= 0.3 is 6.85 Å². The zero-order chi connectivity index (χ0) is 41.0. The van der Waals surface area contributed by atoms with Crippen molar-refractivity contribution < 1.29 is 4.42 Å². The number of aromatic nitrogens is 1. The molecule has 1 aliphatic carbocycles. The third-order valence-corrected chi connectivity index (χ3v) is 15.7. The standard InChI is InChI=1S/C57H41BN2OS/c1-4-5-16-33-27-29-44(40(31-33)34-17-7-6-8-18-34)59-45-32-41-35-19-9-12-24-42(35)57(2,3)52(41)51-39-23-15-22-38-49-37-21-11-14-26-48(37)62-56(49)60(54(38)39)58(53(45)51)43-28-30-47-50(55(43)59)36-20-10-13-25-46(36)61-47/h6-15,17-32H,4-5,16H2,1-3H3. The Bertz CT molecular complexity index is 3740. The Labute approximate surface area is 364 Å². The van der Waals surface area contributed by atoms with E-state index in [2.05, 4.69) is 188 Å². The first-order valence-corrected chi connectivity index (χ1v) is 23.0. The van der Waals surface area contributed by atoms with Gasteiger partial charge in [-0.3, -0.25) is 0 Å². The second-order valence-electron chi connectivity index (χ2n) is 18.2. The summed E-state index contributed by atoms with van der Waals surface area (Å²) in [5.41, 5.74) is 21.3. The molecule has 0 saturated carbocycles. The SMILES string of the molecule is CCCCc1ccc(N2c3cc4c(c5c3B(c3ccc6oc7ccccc7c6c32)n2c3sc6ccccc6c3c3cccc-5c32)C(C)(C)c2ccccc2-4)c(-c2ccccc2)c1. The monoisotopic (exact) mass is 812 g/mol. The summed E-state index contributed by atoms with van der Waals surface area (Å²) in [5, 5.41) is 6.34. The molecule has 0 N–H and O–H groups in total. The molecule has 0 spiro atoms. The molecule has 0 unspecified atom stereocenters. The number of rotatable bonds is 5. The van der Waals surface area contributed by atoms with Crippen LogP contribution >= 0.6 is 11.3 Å². The number of unbranched alkanes of at least 4 members (excludes halogenated alkanes) is 1. The molecule has 3 nitrogen and oxygen atoms in total. The molecule has 3 aromatic heterocycles. The van der Waals surface area contributed by atoms with Crippen LogP contribution in [0.15, 0.2) is 162 Å². The first-order chi connectivity index (χ1) is 30.5. The summed E-state index contributed by atoms with van der Waals surface area (Å²) < 4.78 is 10.9. The molecular weight excluding hydrogens is 772 g/mol. The van der Waals surface area contributed by atoms with Crippen LogP contribution in [0.25, 0.3) is 86.5 Å². The van der Waals surface area contributed by atoms with Crippen LogP contribution in [0.4, 0.5) is 17.1 Å². The van der Waals surface area contributed by atoms with E-state index in [0.29, 0.717) is 0 Å². The largest absolute Gasteiger partial charge is 0.456 e. The maximum Gasteiger partial charge on any atom is 0.333 e. The van der Waals surface area contributed by atoms with E-state index in [-0.39, 0.29) is 12.3 Å². The third-order valence-electron chi connectivity index (χ3n) is 14.5. The molecule has 0 atom stereocenters. The number of anilines is 3. The highest BCUT2D eigenvalue weighted by atomic mass is 32.1. The van der Waals surface area contributed by atoms with Crippen molar-refractivity contribution in [3.05, 3.63) is 174 Å². The predicted octanol–water partition coefficient (Wildman–Crippen LogP) is 14.6. The van der Waals surface area contributed by atoms with Crippen LogP contribution in [-0.2, 0) is 11.8 Å². The number of nitrogens with zero attached hydrogens (tertiary/aromatic N) is 2. The van der Waals surface area contributed by atoms with E-state index in [1.807, 2.05) is 11.3 Å². The third kappa shape index (κ3) is 4.36. The zero-order valence-electron chi connectivity index (χ0n) is 34.9. The van der Waals surface area contributed by atoms with E-state index < -0.39 is 0 Å². The number of benzene rings is 8. The van der Waals surface area contributed by atoms with Crippen LogP contribution in [0.5, 0.6) is 0 Å². The molecule has 14 rings (SSSR count). The second kappa shape index (κ2) is 12.4. The Morgan fingerprint density at radius 2 is 1.40 bits per heavy atom. The smallest absolute Gasteiger partial charge is 0.333 e. The average molecular weight is 813 g/mol. The topological polar surface area (TPSA) is 21.3 Å². The van der Waals surface area contributed by atoms with Crippen molar-refractivity contribution in [1.29, 1.82) is 0 Å². The number of furan rings is 1. The quantitative estimate of drug-likeness (QED) is 0.161. The van der Waals surface area contributed by atoms with Gasteiger partial charge in [0.15, 0.2) is 0 Å². The van der Waals surface area contributed by atoms with Crippen LogP contribution in [0.1, 0.15) is 50.3 Å². The minimum Gasteiger partial charge on any atom is -0.456 e. The highest BCUT2D eigenvalue weighted by Crippen LogP contribution is 2.58. The van der Waals surface area contributed by atoms with Gasteiger partial charge in [-0.25, -0.2) is 0 Å². The minimum absolute atomic E-state index is 0.0823. The van der Waals surface area contributed by atoms with E-state index in [9.17, 15) is 0 Å². The lowest BCUT2D eigenvalue weighted by atomic mass is 9.44. The number of hydrogen-bond donors (Lipinski definition) is 0. The van der Waals surface area contributed by atoms with Gasteiger partial charge in [0, 0.05) is 54.0 Å². The summed E-state index contributed by atoms with van der Waals surface area (Å²) in [5.74, 6) is 0. The zero-order valence-corrected chi connectivity index (χ0v) is 35.7. The van der Waals surface area contributed by atoms with Gasteiger partial charge in [-0.2, -0.15) is 0 Å². The van der Waals surface area contributed by atoms with Crippen molar-refractivity contribution in [2.75, 3.05) is 4.90 Å². The number of fused-ring (bicyclic) bond motifs is 17. The molecule has 3 aliphatic rings. The Kier molecular flexibility index (Phi) is 6.97. The summed E-state index contributed by atoms with van der Waals surface area (Å²) in [6.45, 7) is 7.11. The molecule has 5 heteroatoms. The molecule has 0 radical (unpaired) electrons. The Hall–Kier alpha value is -6.82. The van der Waals surface area contributed by atoms with Crippen LogP contribution in [-0.4, -0.2) is 11.3 Å². The van der Waals surface area contributed by atoms with Gasteiger partial charge in [0.1, 0.15) is 11.2 Å². The van der Waals surface area contributed by atoms with Crippen molar-refractivity contribution in [3.8, 4) is 33.4 Å². The lowest BCUT2D eigenvalue weighted by Crippen LogP contribution is -2.57. The maximum absolute atomic E-state index is 6.80. The number of para-hydroxylation sites is 2. The predicted molar refractivity (Wildman–Crippen MR) is 264 cm³/mol. The number of thiophene rings is 1. The molecule has 8 aromatic carbocycles. The Morgan fingerprint density at radius 3 is 2.29 bits per heavy atom. The summed E-state index contributed by atoms with van der Waals surface area (Å²) >= 11 is 1.94. The van der Waals surface area contributed by atoms with Gasteiger partial charge in [0.25, 0.3) is 0 Å². The van der Waals surface area contributed by atoms with E-state index >= 15 is 0 Å². The molecule has 2 aliphatic heterocycles. The Balaban J connectivity index is 1.21. The molecule has 0 amide bonds. The molecule has 62 heavy (non-hydrogen) atoms. The van der Waals surface area contributed by atoms with Gasteiger partial charge < -0.3 is 13.8 Å². The summed E-state index contributed by atoms with van der Waals surface area (Å²) in [7, 11) is 0. The van der Waals surface area contributed by atoms with Crippen molar-refractivity contribution in [2.24, 2.45) is 0 Å². The Morgan fingerprint density at radius 1 is 0.629 bits per heavy atom. The molecule has 0 bridgehead atoms. The van der Waals surface area contributed by atoms with Gasteiger partial charge in [0.05, 0.1) is 21.6 Å². The van der Waals surface area contributed by atoms with E-state index in [1.54, 1.807) is 0 Å². The molecule has 0 saturated heterocycles. The van der Waals surface area contributed by atoms with Gasteiger partial charge in [-0.15, -0.1) is 11.3 Å². The fourth-order valence-corrected chi connectivity index (χ4v) is 13.2. The van der Waals surface area contributed by atoms with Crippen molar-refractivity contribution >= 4 is 99.3 Å². The fourth-order valence-electron chi connectivity index (χ4n) is 11.9. The first kappa shape index (κ1) is 34.8. The van der Waals surface area contributed by atoms with Crippen LogP contribution in [0.3, 0.4) is 0 Å². The normalized spacial score (nSPS) is 14.3. The van der Waals surface area contributed by atoms with E-state index in [1.165, 1.54) is 109 Å². The minimum atomic E-state index is -0.214. The van der Waals surface area contributed by atoms with Crippen LogP contribution in [0.2, 0.25) is 0 Å². The first-order valence-electron chi connectivity index (χ1n) is 22.2. The fraction of sp³-hybridized carbons (Fsp3) is 0.123. The second-order valence-corrected chi connectivity index (χ2v) is 19.2. The summed E-state index contributed by atoms with van der Waals surface area (Å²) in [6.07, 6.45) is 3.38. The number of hydrogen-bond acceptors (Lipinski definition) is 3. The van der Waals surface area contributed by atoms with Gasteiger partial charge in [-0.05, 0) is 99.1 Å². The lowest BCUT2D eigenvalue weighted by Gasteiger charge is -2.43. The lowest BCUT2D eigenvalue weighted by molar-refractivity contribution is 0.662. The van der Waals surface area contributed by atoms with Gasteiger partial charge in [0.2, 0.25) is 0 Å². The van der Waals surface area contributed by atoms with Crippen LogP contribution < -0.4 is 15.8 Å². The molecule has 5 heterocycles. The molecule has 11 aromatic rings. The van der Waals surface area contributed by atoms with Crippen molar-refractivity contribution in [1.82, 2.24) is 4.48 Å². The van der Waals surface area contributed by atoms with Crippen molar-refractivity contribution in [2.45, 2.75) is 45.4 Å². The van der Waals surface area contributed by atoms with Crippen molar-refractivity contribution in [3.63, 3.8) is 0 Å². The highest BCUT2D eigenvalue weighted by molar-refractivity contribution is 7.26. The molecular formula is C57H41BN2OS. The number of aryl methyl sites for hydroxylation is 1. The molecule has 0 fully saturated rings. The highest BCUT2D eigenvalue weighted by Gasteiger charge is 2.49. The van der Waals surface area contributed by atoms with Gasteiger partial charge in [-0.1, -0.05) is 149 Å². The summed E-state index contributed by atoms with van der Waals surface area (Å²) in [4.78, 5) is 3.99. The average Bonchev–Trinajstić information content (AvgIpc) is 4.04. The summed E-state index contributed by atoms with van der Waals surface area (Å²) in [6, 6.07) is 59.5. The van der Waals surface area contributed by atoms with E-state index in [0.717, 1.165) is 41.2 Å². The van der Waals surface area contributed by atoms with E-state index in [4.69, 9.17) is 4.42 Å².